The normalized spacial score (nSPS) is 12.0. The number of aromatic nitrogens is 2. The second-order valence-electron chi connectivity index (χ2n) is 5.32. The van der Waals surface area contributed by atoms with Crippen LogP contribution in [-0.2, 0) is 7.05 Å². The average Bonchev–Trinajstić information content (AvgIpc) is 2.72. The van der Waals surface area contributed by atoms with Crippen LogP contribution in [0.25, 0.3) is 0 Å². The number of para-hydroxylation sites is 2. The number of hydrogen-bond acceptors (Lipinski definition) is 3. The number of benzene rings is 1. The van der Waals surface area contributed by atoms with Gasteiger partial charge in [0.15, 0.2) is 0 Å². The van der Waals surface area contributed by atoms with Gasteiger partial charge in [0.1, 0.15) is 11.4 Å². The minimum Gasteiger partial charge on any atom is -0.543 e. The van der Waals surface area contributed by atoms with Crippen LogP contribution in [0.2, 0.25) is 19.6 Å². The minimum atomic E-state index is -1.63. The van der Waals surface area contributed by atoms with Crippen LogP contribution in [0.15, 0.2) is 41.5 Å². The summed E-state index contributed by atoms with van der Waals surface area (Å²) in [6.45, 7) is 6.48. The van der Waals surface area contributed by atoms with Gasteiger partial charge in [-0.1, -0.05) is 12.1 Å². The van der Waals surface area contributed by atoms with E-state index < -0.39 is 8.32 Å². The van der Waals surface area contributed by atoms with Crippen molar-refractivity contribution in [1.29, 1.82) is 0 Å². The molecule has 0 bridgehead atoms. The summed E-state index contributed by atoms with van der Waals surface area (Å²) in [6, 6.07) is 9.79. The SMILES string of the molecule is Cn1nccc1C=Nc1ccccc1O[Si](C)(C)C. The van der Waals surface area contributed by atoms with Crippen molar-refractivity contribution in [2.45, 2.75) is 19.6 Å². The Morgan fingerprint density at radius 2 is 1.95 bits per heavy atom. The average molecular weight is 273 g/mol. The number of hydrogen-bond donors (Lipinski definition) is 0. The molecule has 19 heavy (non-hydrogen) atoms. The third-order valence-electron chi connectivity index (χ3n) is 2.48. The van der Waals surface area contributed by atoms with Crippen molar-refractivity contribution >= 4 is 20.2 Å². The first-order valence-electron chi connectivity index (χ1n) is 6.26. The molecule has 0 amide bonds. The van der Waals surface area contributed by atoms with Crippen molar-refractivity contribution < 1.29 is 4.43 Å². The van der Waals surface area contributed by atoms with Crippen molar-refractivity contribution in [2.24, 2.45) is 12.0 Å². The van der Waals surface area contributed by atoms with Gasteiger partial charge in [-0.3, -0.25) is 9.67 Å². The highest BCUT2D eigenvalue weighted by Crippen LogP contribution is 2.29. The Morgan fingerprint density at radius 1 is 1.21 bits per heavy atom. The van der Waals surface area contributed by atoms with Gasteiger partial charge in [0.25, 0.3) is 0 Å². The van der Waals surface area contributed by atoms with E-state index in [0.29, 0.717) is 0 Å². The van der Waals surface area contributed by atoms with E-state index >= 15 is 0 Å². The van der Waals surface area contributed by atoms with Crippen LogP contribution in [0.3, 0.4) is 0 Å². The second-order valence-corrected chi connectivity index (χ2v) is 9.75. The van der Waals surface area contributed by atoms with E-state index in [9.17, 15) is 0 Å². The zero-order chi connectivity index (χ0) is 13.9. The maximum absolute atomic E-state index is 6.04. The Hall–Kier alpha value is -1.88. The molecule has 1 heterocycles. The van der Waals surface area contributed by atoms with Crippen LogP contribution in [0, 0.1) is 0 Å². The van der Waals surface area contributed by atoms with Gasteiger partial charge in [0, 0.05) is 13.2 Å². The summed E-state index contributed by atoms with van der Waals surface area (Å²) in [7, 11) is 0.268. The summed E-state index contributed by atoms with van der Waals surface area (Å²) < 4.78 is 7.82. The van der Waals surface area contributed by atoms with Crippen LogP contribution in [-0.4, -0.2) is 24.3 Å². The van der Waals surface area contributed by atoms with E-state index in [-0.39, 0.29) is 0 Å². The molecule has 0 radical (unpaired) electrons. The molecule has 4 nitrogen and oxygen atoms in total. The van der Waals surface area contributed by atoms with Crippen LogP contribution >= 0.6 is 0 Å². The highest BCUT2D eigenvalue weighted by Gasteiger charge is 2.17. The van der Waals surface area contributed by atoms with E-state index in [0.717, 1.165) is 17.1 Å². The number of rotatable bonds is 4. The van der Waals surface area contributed by atoms with Crippen molar-refractivity contribution in [2.75, 3.05) is 0 Å². The van der Waals surface area contributed by atoms with Gasteiger partial charge in [-0.15, -0.1) is 0 Å². The highest BCUT2D eigenvalue weighted by atomic mass is 28.4. The maximum Gasteiger partial charge on any atom is 0.242 e. The van der Waals surface area contributed by atoms with Gasteiger partial charge in [0.2, 0.25) is 8.32 Å². The van der Waals surface area contributed by atoms with Crippen LogP contribution in [0.5, 0.6) is 5.75 Å². The summed E-state index contributed by atoms with van der Waals surface area (Å²) in [5, 5.41) is 4.11. The standard InChI is InChI=1S/C14H19N3OSi/c1-17-12(9-10-16-17)11-15-13-7-5-6-8-14(13)18-19(2,3)4/h5-11H,1-4H3. The van der Waals surface area contributed by atoms with Gasteiger partial charge >= 0.3 is 0 Å². The van der Waals surface area contributed by atoms with Crippen LogP contribution in [0.1, 0.15) is 5.69 Å². The van der Waals surface area contributed by atoms with E-state index in [1.54, 1.807) is 17.1 Å². The molecule has 0 unspecified atom stereocenters. The molecule has 5 heteroatoms. The molecule has 0 atom stereocenters. The van der Waals surface area contributed by atoms with Gasteiger partial charge < -0.3 is 4.43 Å². The molecule has 2 aromatic rings. The van der Waals surface area contributed by atoms with E-state index in [1.807, 2.05) is 37.4 Å². The predicted molar refractivity (Wildman–Crippen MR) is 80.9 cm³/mol. The molecule has 0 aliphatic heterocycles. The van der Waals surface area contributed by atoms with E-state index in [1.165, 1.54) is 0 Å². The molecule has 0 saturated heterocycles. The molecular weight excluding hydrogens is 254 g/mol. The third-order valence-corrected chi connectivity index (χ3v) is 3.31. The summed E-state index contributed by atoms with van der Waals surface area (Å²) in [4.78, 5) is 4.51. The van der Waals surface area contributed by atoms with Gasteiger partial charge in [-0.05, 0) is 37.8 Å². The van der Waals surface area contributed by atoms with E-state index in [4.69, 9.17) is 4.43 Å². The fourth-order valence-corrected chi connectivity index (χ4v) is 2.46. The van der Waals surface area contributed by atoms with Gasteiger partial charge in [0.05, 0.1) is 11.9 Å². The number of aryl methyl sites for hydroxylation is 1. The van der Waals surface area contributed by atoms with Gasteiger partial charge in [-0.2, -0.15) is 5.10 Å². The Balaban J connectivity index is 2.25. The second kappa shape index (κ2) is 5.40. The summed E-state index contributed by atoms with van der Waals surface area (Å²) >= 11 is 0. The van der Waals surface area contributed by atoms with Crippen molar-refractivity contribution in [3.05, 3.63) is 42.2 Å². The molecule has 0 aliphatic rings. The highest BCUT2D eigenvalue weighted by molar-refractivity contribution is 6.70. The molecule has 0 spiro atoms. The first-order valence-corrected chi connectivity index (χ1v) is 9.67. The Labute approximate surface area is 114 Å². The smallest absolute Gasteiger partial charge is 0.242 e. The lowest BCUT2D eigenvalue weighted by Crippen LogP contribution is -2.29. The minimum absolute atomic E-state index is 0.847. The number of aliphatic imine (C=N–C) groups is 1. The van der Waals surface area contributed by atoms with Crippen LogP contribution in [0.4, 0.5) is 5.69 Å². The fourth-order valence-electron chi connectivity index (χ4n) is 1.63. The largest absolute Gasteiger partial charge is 0.543 e. The Kier molecular flexibility index (Phi) is 3.85. The topological polar surface area (TPSA) is 39.4 Å². The van der Waals surface area contributed by atoms with Crippen LogP contribution < -0.4 is 4.43 Å². The first kappa shape index (κ1) is 13.5. The zero-order valence-corrected chi connectivity index (χ0v) is 12.8. The molecule has 100 valence electrons. The first-order chi connectivity index (χ1) is 8.96. The fraction of sp³-hybridized carbons (Fsp3) is 0.286. The monoisotopic (exact) mass is 273 g/mol. The maximum atomic E-state index is 6.04. The third kappa shape index (κ3) is 3.79. The van der Waals surface area contributed by atoms with Crippen molar-refractivity contribution in [1.82, 2.24) is 9.78 Å². The zero-order valence-electron chi connectivity index (χ0n) is 11.8. The lowest BCUT2D eigenvalue weighted by molar-refractivity contribution is 0.559. The Bertz CT molecular complexity index is 584. The molecule has 2 rings (SSSR count). The molecule has 1 aromatic carbocycles. The molecule has 0 N–H and O–H groups in total. The molecule has 0 aliphatic carbocycles. The quantitative estimate of drug-likeness (QED) is 0.633. The summed E-state index contributed by atoms with van der Waals surface area (Å²) in [5.74, 6) is 0.847. The molecule has 0 saturated carbocycles. The number of nitrogens with zero attached hydrogens (tertiary/aromatic N) is 3. The molecular formula is C14H19N3OSi. The van der Waals surface area contributed by atoms with Crippen molar-refractivity contribution in [3.63, 3.8) is 0 Å². The summed E-state index contributed by atoms with van der Waals surface area (Å²) in [6.07, 6.45) is 3.56. The van der Waals surface area contributed by atoms with Crippen molar-refractivity contribution in [3.8, 4) is 5.75 Å². The molecule has 1 aromatic heterocycles. The predicted octanol–water partition coefficient (Wildman–Crippen LogP) is 3.38. The summed E-state index contributed by atoms with van der Waals surface area (Å²) in [5.41, 5.74) is 1.81. The lowest BCUT2D eigenvalue weighted by Gasteiger charge is -2.20. The lowest BCUT2D eigenvalue weighted by atomic mass is 10.3. The Morgan fingerprint density at radius 3 is 2.58 bits per heavy atom. The molecule has 0 fully saturated rings. The van der Waals surface area contributed by atoms with Gasteiger partial charge in [-0.25, -0.2) is 0 Å². The van der Waals surface area contributed by atoms with E-state index in [2.05, 4.69) is 29.7 Å².